The number of hydrogen-bond acceptors (Lipinski definition) is 5. The van der Waals surface area contributed by atoms with Crippen molar-refractivity contribution in [2.75, 3.05) is 24.6 Å². The molecular weight excluding hydrogens is 376 g/mol. The van der Waals surface area contributed by atoms with E-state index in [-0.39, 0.29) is 29.5 Å². The third kappa shape index (κ3) is 4.90. The fourth-order valence-electron chi connectivity index (χ4n) is 3.65. The Morgan fingerprint density at radius 2 is 1.85 bits per heavy atom. The minimum Gasteiger partial charge on any atom is -0.481 e. The molecule has 6 nitrogen and oxygen atoms in total. The van der Waals surface area contributed by atoms with Crippen LogP contribution in [0.1, 0.15) is 26.2 Å². The SMILES string of the molecule is CC(Oc1ccc(Cl)cc1)C(=O)NC1CS(=O)(=O)CC1N1CCCCC1. The number of halogens is 1. The summed E-state index contributed by atoms with van der Waals surface area (Å²) >= 11 is 5.84. The lowest BCUT2D eigenvalue weighted by Crippen LogP contribution is -2.54. The molecule has 3 unspecified atom stereocenters. The highest BCUT2D eigenvalue weighted by molar-refractivity contribution is 7.91. The van der Waals surface area contributed by atoms with Gasteiger partial charge in [-0.1, -0.05) is 18.0 Å². The maximum absolute atomic E-state index is 12.5. The number of likely N-dealkylation sites (tertiary alicyclic amines) is 1. The summed E-state index contributed by atoms with van der Waals surface area (Å²) in [6.45, 7) is 3.44. The number of amides is 1. The number of nitrogens with one attached hydrogen (secondary N) is 1. The zero-order chi connectivity index (χ0) is 18.7. The Morgan fingerprint density at radius 1 is 1.19 bits per heavy atom. The molecule has 1 amide bonds. The van der Waals surface area contributed by atoms with Crippen molar-refractivity contribution in [1.82, 2.24) is 10.2 Å². The molecule has 1 aromatic rings. The van der Waals surface area contributed by atoms with Gasteiger partial charge < -0.3 is 10.1 Å². The van der Waals surface area contributed by atoms with Crippen LogP contribution in [-0.4, -0.2) is 62.0 Å². The number of piperidine rings is 1. The van der Waals surface area contributed by atoms with Gasteiger partial charge in [-0.05, 0) is 57.1 Å². The van der Waals surface area contributed by atoms with Crippen LogP contribution in [-0.2, 0) is 14.6 Å². The maximum atomic E-state index is 12.5. The van der Waals surface area contributed by atoms with Crippen LogP contribution in [0.5, 0.6) is 5.75 Å². The van der Waals surface area contributed by atoms with Gasteiger partial charge in [0.15, 0.2) is 15.9 Å². The Bertz CT molecular complexity index is 732. The Morgan fingerprint density at radius 3 is 2.50 bits per heavy atom. The summed E-state index contributed by atoms with van der Waals surface area (Å²) in [5.74, 6) is 0.352. The number of benzene rings is 1. The number of ether oxygens (including phenoxy) is 1. The van der Waals surface area contributed by atoms with Crippen LogP contribution >= 0.6 is 11.6 Å². The van der Waals surface area contributed by atoms with Gasteiger partial charge in [0.05, 0.1) is 17.5 Å². The summed E-state index contributed by atoms with van der Waals surface area (Å²) in [6.07, 6.45) is 2.61. The highest BCUT2D eigenvalue weighted by Crippen LogP contribution is 2.23. The predicted molar refractivity (Wildman–Crippen MR) is 101 cm³/mol. The minimum absolute atomic E-state index is 0.00638. The standard InChI is InChI=1S/C18H25ClN2O4S/c1-13(25-15-7-5-14(19)6-8-15)18(22)20-16-11-26(23,24)12-17(16)21-9-3-2-4-10-21/h5-8,13,16-17H,2-4,9-12H2,1H3,(H,20,22). The molecule has 8 heteroatoms. The van der Waals surface area contributed by atoms with E-state index < -0.39 is 15.9 Å². The largest absolute Gasteiger partial charge is 0.481 e. The minimum atomic E-state index is -3.14. The van der Waals surface area contributed by atoms with Crippen LogP contribution in [0, 0.1) is 0 Å². The molecule has 0 radical (unpaired) electrons. The molecule has 2 heterocycles. The van der Waals surface area contributed by atoms with E-state index >= 15 is 0 Å². The van der Waals surface area contributed by atoms with Gasteiger partial charge in [0.2, 0.25) is 0 Å². The third-order valence-corrected chi connectivity index (χ3v) is 6.97. The van der Waals surface area contributed by atoms with Gasteiger partial charge in [-0.2, -0.15) is 0 Å². The Labute approximate surface area is 159 Å². The van der Waals surface area contributed by atoms with Crippen LogP contribution in [0.4, 0.5) is 0 Å². The molecule has 2 aliphatic rings. The number of rotatable bonds is 5. The molecular formula is C18H25ClN2O4S. The third-order valence-electron chi connectivity index (χ3n) is 5.01. The molecule has 2 saturated heterocycles. The highest BCUT2D eigenvalue weighted by Gasteiger charge is 2.42. The van der Waals surface area contributed by atoms with Crippen LogP contribution in [0.25, 0.3) is 0 Å². The quantitative estimate of drug-likeness (QED) is 0.816. The number of hydrogen-bond donors (Lipinski definition) is 1. The van der Waals surface area contributed by atoms with Crippen molar-refractivity contribution in [1.29, 1.82) is 0 Å². The van der Waals surface area contributed by atoms with E-state index in [2.05, 4.69) is 10.2 Å². The maximum Gasteiger partial charge on any atom is 0.261 e. The first kappa shape index (κ1) is 19.5. The molecule has 2 aliphatic heterocycles. The molecule has 0 aromatic heterocycles. The van der Waals surface area contributed by atoms with Crippen molar-refractivity contribution >= 4 is 27.3 Å². The summed E-state index contributed by atoms with van der Waals surface area (Å²) in [7, 11) is -3.14. The van der Waals surface area contributed by atoms with Crippen molar-refractivity contribution in [2.45, 2.75) is 44.4 Å². The molecule has 0 spiro atoms. The van der Waals surface area contributed by atoms with Crippen LogP contribution in [0.2, 0.25) is 5.02 Å². The molecule has 3 rings (SSSR count). The zero-order valence-electron chi connectivity index (χ0n) is 14.9. The molecule has 144 valence electrons. The summed E-state index contributed by atoms with van der Waals surface area (Å²) in [5.41, 5.74) is 0. The molecule has 2 fully saturated rings. The van der Waals surface area contributed by atoms with E-state index in [1.165, 1.54) is 6.42 Å². The fourth-order valence-corrected chi connectivity index (χ4v) is 5.73. The normalized spacial score (nSPS) is 27.0. The van der Waals surface area contributed by atoms with E-state index in [0.29, 0.717) is 10.8 Å². The average Bonchev–Trinajstić information content (AvgIpc) is 2.92. The number of nitrogens with zero attached hydrogens (tertiary/aromatic N) is 1. The van der Waals surface area contributed by atoms with Gasteiger partial charge in [0.25, 0.3) is 5.91 Å². The average molecular weight is 401 g/mol. The Hall–Kier alpha value is -1.31. The number of sulfone groups is 1. The van der Waals surface area contributed by atoms with Gasteiger partial charge in [0, 0.05) is 11.1 Å². The molecule has 1 N–H and O–H groups in total. The molecule has 0 saturated carbocycles. The van der Waals surface area contributed by atoms with Crippen LogP contribution in [0.15, 0.2) is 24.3 Å². The lowest BCUT2D eigenvalue weighted by Gasteiger charge is -2.35. The summed E-state index contributed by atoms with van der Waals surface area (Å²) in [4.78, 5) is 14.7. The first-order chi connectivity index (χ1) is 12.3. The zero-order valence-corrected chi connectivity index (χ0v) is 16.4. The predicted octanol–water partition coefficient (Wildman–Crippen LogP) is 1.87. The van der Waals surface area contributed by atoms with E-state index in [9.17, 15) is 13.2 Å². The summed E-state index contributed by atoms with van der Waals surface area (Å²) in [5, 5.41) is 3.50. The van der Waals surface area contributed by atoms with Gasteiger partial charge >= 0.3 is 0 Å². The smallest absolute Gasteiger partial charge is 0.261 e. The highest BCUT2D eigenvalue weighted by atomic mass is 35.5. The van der Waals surface area contributed by atoms with E-state index in [0.717, 1.165) is 25.9 Å². The van der Waals surface area contributed by atoms with Gasteiger partial charge in [0.1, 0.15) is 5.75 Å². The van der Waals surface area contributed by atoms with E-state index in [1.54, 1.807) is 31.2 Å². The Balaban J connectivity index is 1.62. The van der Waals surface area contributed by atoms with E-state index in [4.69, 9.17) is 16.3 Å². The van der Waals surface area contributed by atoms with Crippen molar-refractivity contribution in [3.8, 4) is 5.75 Å². The second kappa shape index (κ2) is 8.15. The first-order valence-electron chi connectivity index (χ1n) is 9.01. The second-order valence-electron chi connectivity index (χ2n) is 7.07. The molecule has 1 aromatic carbocycles. The molecule has 26 heavy (non-hydrogen) atoms. The van der Waals surface area contributed by atoms with E-state index in [1.807, 2.05) is 0 Å². The van der Waals surface area contributed by atoms with Gasteiger partial charge in [-0.15, -0.1) is 0 Å². The lowest BCUT2D eigenvalue weighted by molar-refractivity contribution is -0.128. The fraction of sp³-hybridized carbons (Fsp3) is 0.611. The topological polar surface area (TPSA) is 75.7 Å². The monoisotopic (exact) mass is 400 g/mol. The van der Waals surface area contributed by atoms with Crippen molar-refractivity contribution < 1.29 is 17.9 Å². The summed E-state index contributed by atoms with van der Waals surface area (Å²) in [6, 6.07) is 6.24. The second-order valence-corrected chi connectivity index (χ2v) is 9.66. The van der Waals surface area contributed by atoms with Crippen molar-refractivity contribution in [3.05, 3.63) is 29.3 Å². The first-order valence-corrected chi connectivity index (χ1v) is 11.2. The summed E-state index contributed by atoms with van der Waals surface area (Å²) < 4.78 is 29.9. The van der Waals surface area contributed by atoms with Crippen molar-refractivity contribution in [2.24, 2.45) is 0 Å². The van der Waals surface area contributed by atoms with Gasteiger partial charge in [-0.3, -0.25) is 9.69 Å². The number of carbonyl (C=O) groups is 1. The molecule has 0 aliphatic carbocycles. The lowest BCUT2D eigenvalue weighted by atomic mass is 10.0. The number of carbonyl (C=O) groups excluding carboxylic acids is 1. The molecule has 0 bridgehead atoms. The van der Waals surface area contributed by atoms with Gasteiger partial charge in [-0.25, -0.2) is 8.42 Å². The van der Waals surface area contributed by atoms with Crippen LogP contribution in [0.3, 0.4) is 0 Å². The molecule has 3 atom stereocenters. The Kier molecular flexibility index (Phi) is 6.10. The van der Waals surface area contributed by atoms with Crippen molar-refractivity contribution in [3.63, 3.8) is 0 Å². The van der Waals surface area contributed by atoms with Crippen LogP contribution < -0.4 is 10.1 Å².